The minimum atomic E-state index is -3.96. The molecule has 3 aromatic carbocycles. The Bertz CT molecular complexity index is 1450. The van der Waals surface area contributed by atoms with E-state index < -0.39 is 22.0 Å². The number of nitrogens with one attached hydrogen (secondary N) is 1. The Kier molecular flexibility index (Phi) is 6.73. The van der Waals surface area contributed by atoms with Crippen LogP contribution in [0.2, 0.25) is 0 Å². The van der Waals surface area contributed by atoms with Gasteiger partial charge in [-0.3, -0.25) is 9.10 Å². The number of ether oxygens (including phenoxy) is 3. The molecule has 0 saturated carbocycles. The molecule has 1 N–H and O–H groups in total. The number of nitrogens with zero attached hydrogens (tertiary/aromatic N) is 1. The van der Waals surface area contributed by atoms with Crippen molar-refractivity contribution >= 4 is 21.6 Å². The van der Waals surface area contributed by atoms with Crippen LogP contribution in [0, 0.1) is 6.92 Å². The maximum atomic E-state index is 13.8. The maximum absolute atomic E-state index is 13.8. The molecule has 8 nitrogen and oxygen atoms in total. The first-order chi connectivity index (χ1) is 18.0. The number of carbonyl (C=O) groups is 1. The number of fused-ring (bicyclic) bond motifs is 2. The third kappa shape index (κ3) is 5.15. The molecule has 38 heavy (non-hydrogen) atoms. The topological polar surface area (TPSA) is 94.2 Å². The second-order valence-corrected chi connectivity index (χ2v) is 12.5. The van der Waals surface area contributed by atoms with Gasteiger partial charge < -0.3 is 19.5 Å². The zero-order valence-electron chi connectivity index (χ0n) is 21.9. The number of hydrogen-bond acceptors (Lipinski definition) is 6. The van der Waals surface area contributed by atoms with Gasteiger partial charge in [0.05, 0.1) is 23.7 Å². The molecule has 9 heteroatoms. The number of sulfonamides is 1. The lowest BCUT2D eigenvalue weighted by atomic mass is 9.86. The lowest BCUT2D eigenvalue weighted by Gasteiger charge is -2.36. The second-order valence-electron chi connectivity index (χ2n) is 10.6. The first kappa shape index (κ1) is 25.9. The van der Waals surface area contributed by atoms with E-state index in [0.29, 0.717) is 22.9 Å². The summed E-state index contributed by atoms with van der Waals surface area (Å²) in [6.07, 6.45) is -1.42. The lowest BCUT2D eigenvalue weighted by molar-refractivity contribution is -0.128. The van der Waals surface area contributed by atoms with Crippen LogP contribution in [-0.2, 0) is 20.2 Å². The Morgan fingerprint density at radius 1 is 0.974 bits per heavy atom. The van der Waals surface area contributed by atoms with E-state index in [0.717, 1.165) is 11.1 Å². The van der Waals surface area contributed by atoms with E-state index in [4.69, 9.17) is 14.2 Å². The van der Waals surface area contributed by atoms with Crippen molar-refractivity contribution in [1.82, 2.24) is 5.32 Å². The molecule has 0 unspecified atom stereocenters. The van der Waals surface area contributed by atoms with Gasteiger partial charge in [0.15, 0.2) is 17.6 Å². The molecule has 2 atom stereocenters. The minimum Gasteiger partial charge on any atom is -0.486 e. The second kappa shape index (κ2) is 9.87. The first-order valence-electron chi connectivity index (χ1n) is 12.6. The normalized spacial score (nSPS) is 18.8. The summed E-state index contributed by atoms with van der Waals surface area (Å²) >= 11 is 0. The molecule has 1 amide bonds. The molecule has 2 heterocycles. The number of anilines is 1. The highest BCUT2D eigenvalue weighted by atomic mass is 32.2. The largest absolute Gasteiger partial charge is 0.486 e. The van der Waals surface area contributed by atoms with Gasteiger partial charge in [0, 0.05) is 0 Å². The SMILES string of the molecule is Cc1ccc(S(=O)(=O)N2C[C@H](C(=O)NC[C@H]3COc4ccccc4O3)Oc3ccc(C(C)(C)C)cc32)cc1. The fraction of sp³-hybridized carbons (Fsp3) is 0.345. The van der Waals surface area contributed by atoms with Gasteiger partial charge in [0.1, 0.15) is 18.5 Å². The average Bonchev–Trinajstić information content (AvgIpc) is 2.90. The molecule has 0 saturated heterocycles. The summed E-state index contributed by atoms with van der Waals surface area (Å²) in [5.41, 5.74) is 2.13. The molecule has 0 aromatic heterocycles. The number of rotatable bonds is 5. The van der Waals surface area contributed by atoms with Gasteiger partial charge in [-0.15, -0.1) is 0 Å². The van der Waals surface area contributed by atoms with Crippen molar-refractivity contribution in [3.8, 4) is 17.2 Å². The zero-order valence-corrected chi connectivity index (χ0v) is 22.7. The number of hydrogen-bond donors (Lipinski definition) is 1. The van der Waals surface area contributed by atoms with Crippen molar-refractivity contribution in [2.24, 2.45) is 0 Å². The van der Waals surface area contributed by atoms with E-state index in [1.807, 2.05) is 43.3 Å². The van der Waals surface area contributed by atoms with E-state index in [9.17, 15) is 13.2 Å². The summed E-state index contributed by atoms with van der Waals surface area (Å²) in [4.78, 5) is 13.4. The number of para-hydroxylation sites is 2. The highest BCUT2D eigenvalue weighted by molar-refractivity contribution is 7.92. The minimum absolute atomic E-state index is 0.155. The molecule has 0 bridgehead atoms. The summed E-state index contributed by atoms with van der Waals surface area (Å²) in [7, 11) is -3.96. The Balaban J connectivity index is 1.39. The fourth-order valence-electron chi connectivity index (χ4n) is 4.41. The van der Waals surface area contributed by atoms with Crippen molar-refractivity contribution in [2.75, 3.05) is 24.0 Å². The van der Waals surface area contributed by atoms with E-state index >= 15 is 0 Å². The zero-order chi connectivity index (χ0) is 27.1. The Morgan fingerprint density at radius 2 is 1.68 bits per heavy atom. The third-order valence-corrected chi connectivity index (χ3v) is 8.46. The van der Waals surface area contributed by atoms with Crippen LogP contribution in [0.3, 0.4) is 0 Å². The summed E-state index contributed by atoms with van der Waals surface area (Å²) in [5.74, 6) is 1.19. The van der Waals surface area contributed by atoms with Crippen LogP contribution >= 0.6 is 0 Å². The van der Waals surface area contributed by atoms with Crippen LogP contribution in [0.25, 0.3) is 0 Å². The first-order valence-corrected chi connectivity index (χ1v) is 14.0. The van der Waals surface area contributed by atoms with Crippen LogP contribution in [0.5, 0.6) is 17.2 Å². The van der Waals surface area contributed by atoms with Gasteiger partial charge >= 0.3 is 0 Å². The molecule has 0 radical (unpaired) electrons. The molecular weight excluding hydrogens is 504 g/mol. The predicted molar refractivity (Wildman–Crippen MR) is 145 cm³/mol. The average molecular weight is 537 g/mol. The van der Waals surface area contributed by atoms with Gasteiger partial charge in [-0.2, -0.15) is 0 Å². The van der Waals surface area contributed by atoms with Gasteiger partial charge in [0.25, 0.3) is 15.9 Å². The molecule has 0 fully saturated rings. The van der Waals surface area contributed by atoms with E-state index in [1.165, 1.54) is 4.31 Å². The summed E-state index contributed by atoms with van der Waals surface area (Å²) in [6.45, 7) is 8.39. The number of aryl methyl sites for hydroxylation is 1. The summed E-state index contributed by atoms with van der Waals surface area (Å²) in [5, 5.41) is 2.85. The Morgan fingerprint density at radius 3 is 2.39 bits per heavy atom. The fourth-order valence-corrected chi connectivity index (χ4v) is 5.88. The van der Waals surface area contributed by atoms with Gasteiger partial charge in [-0.05, 0) is 54.3 Å². The van der Waals surface area contributed by atoms with Gasteiger partial charge in [-0.1, -0.05) is 56.7 Å². The monoisotopic (exact) mass is 536 g/mol. The maximum Gasteiger partial charge on any atom is 0.264 e. The van der Waals surface area contributed by atoms with Crippen molar-refractivity contribution < 1.29 is 27.4 Å². The van der Waals surface area contributed by atoms with Crippen LogP contribution < -0.4 is 23.8 Å². The van der Waals surface area contributed by atoms with Crippen LogP contribution in [0.15, 0.2) is 71.6 Å². The van der Waals surface area contributed by atoms with Crippen molar-refractivity contribution in [2.45, 2.75) is 50.2 Å². The summed E-state index contributed by atoms with van der Waals surface area (Å²) < 4.78 is 46.6. The standard InChI is InChI=1S/C29H32N2O6S/c1-19-9-12-22(13-10-19)38(33,34)31-17-27(37-24-14-11-20(15-23(24)31)29(2,3)4)28(32)30-16-21-18-35-25-7-5-6-8-26(25)36-21/h5-15,21,27H,16-18H2,1-4H3,(H,30,32)/t21-,27+/m0/s1. The number of amides is 1. The van der Waals surface area contributed by atoms with Gasteiger partial charge in [-0.25, -0.2) is 8.42 Å². The van der Waals surface area contributed by atoms with Crippen molar-refractivity contribution in [3.63, 3.8) is 0 Å². The lowest BCUT2D eigenvalue weighted by Crippen LogP contribution is -2.52. The van der Waals surface area contributed by atoms with Crippen LogP contribution in [0.4, 0.5) is 5.69 Å². The molecule has 200 valence electrons. The molecule has 5 rings (SSSR count). The molecule has 2 aliphatic rings. The van der Waals surface area contributed by atoms with Crippen LogP contribution in [-0.4, -0.2) is 46.2 Å². The van der Waals surface area contributed by atoms with E-state index in [-0.39, 0.29) is 36.1 Å². The summed E-state index contributed by atoms with van der Waals surface area (Å²) in [6, 6.07) is 19.5. The van der Waals surface area contributed by atoms with Crippen molar-refractivity contribution in [1.29, 1.82) is 0 Å². The van der Waals surface area contributed by atoms with E-state index in [1.54, 1.807) is 30.3 Å². The predicted octanol–water partition coefficient (Wildman–Crippen LogP) is 4.21. The smallest absolute Gasteiger partial charge is 0.264 e. The van der Waals surface area contributed by atoms with Crippen molar-refractivity contribution in [3.05, 3.63) is 77.9 Å². The molecular formula is C29H32N2O6S. The number of benzene rings is 3. The molecule has 0 spiro atoms. The van der Waals surface area contributed by atoms with E-state index in [2.05, 4.69) is 26.1 Å². The highest BCUT2D eigenvalue weighted by Gasteiger charge is 2.38. The van der Waals surface area contributed by atoms with Crippen LogP contribution in [0.1, 0.15) is 31.9 Å². The number of carbonyl (C=O) groups excluding carboxylic acids is 1. The molecule has 0 aliphatic carbocycles. The Labute approximate surface area is 223 Å². The highest BCUT2D eigenvalue weighted by Crippen LogP contribution is 2.40. The third-order valence-electron chi connectivity index (χ3n) is 6.67. The molecule has 2 aliphatic heterocycles. The van der Waals surface area contributed by atoms with Gasteiger partial charge in [0.2, 0.25) is 0 Å². The Hall–Kier alpha value is -3.72. The molecule has 3 aromatic rings. The quantitative estimate of drug-likeness (QED) is 0.525.